The zero-order chi connectivity index (χ0) is 10.8. The number of rotatable bonds is 1. The first kappa shape index (κ1) is 9.47. The summed E-state index contributed by atoms with van der Waals surface area (Å²) in [5, 5.41) is 8.75. The lowest BCUT2D eigenvalue weighted by atomic mass is 10.2. The molecule has 0 saturated heterocycles. The summed E-state index contributed by atoms with van der Waals surface area (Å²) in [6.45, 7) is 0.810. The molecule has 0 fully saturated rings. The molecule has 2 aromatic rings. The van der Waals surface area contributed by atoms with Crippen LogP contribution in [0.25, 0.3) is 6.08 Å². The fraction of sp³-hybridized carbons (Fsp3) is 0.0909. The third-order valence-corrected chi connectivity index (χ3v) is 3.28. The third-order valence-electron chi connectivity index (χ3n) is 2.29. The largest absolute Gasteiger partial charge is 0.318 e. The maximum atomic E-state index is 4.02. The van der Waals surface area contributed by atoms with Gasteiger partial charge in [-0.15, -0.1) is 10.2 Å². The monoisotopic (exact) mass is 230 g/mol. The highest BCUT2D eigenvalue weighted by atomic mass is 32.2. The highest BCUT2D eigenvalue weighted by Gasteiger charge is 2.13. The van der Waals surface area contributed by atoms with Crippen LogP contribution >= 0.6 is 11.8 Å². The van der Waals surface area contributed by atoms with Crippen molar-refractivity contribution in [3.05, 3.63) is 47.1 Å². The minimum absolute atomic E-state index is 0.810. The second-order valence-corrected chi connectivity index (χ2v) is 4.54. The summed E-state index contributed by atoms with van der Waals surface area (Å²) in [5.41, 5.74) is 4.42. The summed E-state index contributed by atoms with van der Waals surface area (Å²) in [6, 6.07) is 10.3. The molecule has 16 heavy (non-hydrogen) atoms. The van der Waals surface area contributed by atoms with Crippen molar-refractivity contribution in [3.63, 3.8) is 0 Å². The first-order chi connectivity index (χ1) is 7.92. The first-order valence-corrected chi connectivity index (χ1v) is 5.81. The number of aromatic nitrogens is 3. The van der Waals surface area contributed by atoms with Gasteiger partial charge in [-0.25, -0.2) is 4.68 Å². The van der Waals surface area contributed by atoms with Crippen LogP contribution in [0.15, 0.2) is 46.7 Å². The van der Waals surface area contributed by atoms with Gasteiger partial charge in [-0.1, -0.05) is 42.1 Å². The van der Waals surface area contributed by atoms with Crippen molar-refractivity contribution in [2.45, 2.75) is 5.16 Å². The van der Waals surface area contributed by atoms with Crippen molar-refractivity contribution in [1.29, 1.82) is 0 Å². The molecule has 1 aliphatic heterocycles. The maximum absolute atomic E-state index is 4.02. The smallest absolute Gasteiger partial charge is 0.214 e. The average Bonchev–Trinajstić information content (AvgIpc) is 2.77. The Bertz CT molecular complexity index is 518. The van der Waals surface area contributed by atoms with Crippen molar-refractivity contribution in [3.8, 4) is 0 Å². The number of benzene rings is 1. The van der Waals surface area contributed by atoms with Crippen LogP contribution in [0.1, 0.15) is 5.56 Å². The number of fused-ring (bicyclic) bond motifs is 1. The van der Waals surface area contributed by atoms with E-state index in [2.05, 4.69) is 33.8 Å². The van der Waals surface area contributed by atoms with E-state index in [1.54, 1.807) is 18.1 Å². The molecule has 0 amide bonds. The molecular weight excluding hydrogens is 220 g/mol. The Labute approximate surface area is 97.4 Å². The van der Waals surface area contributed by atoms with E-state index < -0.39 is 0 Å². The molecule has 80 valence electrons. The van der Waals surface area contributed by atoms with E-state index in [9.17, 15) is 0 Å². The molecule has 1 N–H and O–H groups in total. The van der Waals surface area contributed by atoms with Crippen LogP contribution < -0.4 is 5.43 Å². The summed E-state index contributed by atoms with van der Waals surface area (Å²) >= 11 is 1.65. The number of nitrogens with one attached hydrogen (secondary N) is 1. The second-order valence-electron chi connectivity index (χ2n) is 3.44. The van der Waals surface area contributed by atoms with Crippen molar-refractivity contribution in [2.75, 3.05) is 12.0 Å². The molecule has 0 bridgehead atoms. The van der Waals surface area contributed by atoms with Gasteiger partial charge in [0.15, 0.2) is 0 Å². The van der Waals surface area contributed by atoms with Gasteiger partial charge >= 0.3 is 0 Å². The minimum Gasteiger partial charge on any atom is -0.318 e. The molecule has 0 atom stereocenters. The number of hydrogen-bond donors (Lipinski definition) is 1. The maximum Gasteiger partial charge on any atom is 0.214 e. The van der Waals surface area contributed by atoms with Gasteiger partial charge in [0.25, 0.3) is 0 Å². The molecule has 4 nitrogen and oxygen atoms in total. The topological polar surface area (TPSA) is 42.7 Å². The van der Waals surface area contributed by atoms with E-state index in [1.807, 2.05) is 22.9 Å². The van der Waals surface area contributed by atoms with Gasteiger partial charge in [0.05, 0.1) is 6.54 Å². The van der Waals surface area contributed by atoms with E-state index in [4.69, 9.17) is 0 Å². The van der Waals surface area contributed by atoms with E-state index >= 15 is 0 Å². The third kappa shape index (κ3) is 1.81. The lowest BCUT2D eigenvalue weighted by Crippen LogP contribution is -2.21. The van der Waals surface area contributed by atoms with Crippen molar-refractivity contribution in [1.82, 2.24) is 14.9 Å². The molecule has 0 unspecified atom stereocenters. The Morgan fingerprint density at radius 3 is 3.06 bits per heavy atom. The minimum atomic E-state index is 0.810. The second kappa shape index (κ2) is 4.02. The van der Waals surface area contributed by atoms with Gasteiger partial charge in [-0.05, 0) is 11.6 Å². The number of nitrogens with zero attached hydrogens (tertiary/aromatic N) is 3. The lowest BCUT2D eigenvalue weighted by molar-refractivity contribution is 0.767. The van der Waals surface area contributed by atoms with Gasteiger partial charge in [0.1, 0.15) is 6.33 Å². The molecule has 0 radical (unpaired) electrons. The highest BCUT2D eigenvalue weighted by Crippen LogP contribution is 2.28. The molecular formula is C11H10N4S. The molecule has 1 aliphatic rings. The van der Waals surface area contributed by atoms with Gasteiger partial charge in [0, 0.05) is 4.91 Å². The molecule has 3 rings (SSSR count). The molecule has 2 heterocycles. The predicted octanol–water partition coefficient (Wildman–Crippen LogP) is 1.97. The molecule has 0 aliphatic carbocycles. The summed E-state index contributed by atoms with van der Waals surface area (Å²) in [4.78, 5) is 1.24. The van der Waals surface area contributed by atoms with Crippen molar-refractivity contribution in [2.24, 2.45) is 0 Å². The fourth-order valence-corrected chi connectivity index (χ4v) is 2.40. The molecule has 5 heteroatoms. The van der Waals surface area contributed by atoms with Gasteiger partial charge in [0.2, 0.25) is 5.16 Å². The number of hydrogen-bond acceptors (Lipinski definition) is 4. The average molecular weight is 230 g/mol. The van der Waals surface area contributed by atoms with Gasteiger partial charge < -0.3 is 5.43 Å². The van der Waals surface area contributed by atoms with E-state index in [-0.39, 0.29) is 0 Å². The Morgan fingerprint density at radius 1 is 1.31 bits per heavy atom. The fourth-order valence-electron chi connectivity index (χ4n) is 1.53. The Morgan fingerprint density at radius 2 is 2.19 bits per heavy atom. The summed E-state index contributed by atoms with van der Waals surface area (Å²) < 4.78 is 1.84. The standard InChI is InChI=1S/C11H10N4S/c1-2-4-9(5-3-1)6-10-7-13-15-8-12-14-11(15)16-10/h1-6,8,13H,7H2/b10-6-. The highest BCUT2D eigenvalue weighted by molar-refractivity contribution is 8.03. The van der Waals surface area contributed by atoms with Crippen LogP contribution in [0.3, 0.4) is 0 Å². The lowest BCUT2D eigenvalue weighted by Gasteiger charge is -2.17. The normalized spacial score (nSPS) is 16.9. The molecule has 0 saturated carbocycles. The van der Waals surface area contributed by atoms with Crippen molar-refractivity contribution >= 4 is 17.8 Å². The van der Waals surface area contributed by atoms with Crippen LogP contribution in [0.5, 0.6) is 0 Å². The summed E-state index contributed by atoms with van der Waals surface area (Å²) in [5.74, 6) is 0. The quantitative estimate of drug-likeness (QED) is 0.813. The SMILES string of the molecule is C(=C1\CNn2cnnc2S1)/c1ccccc1. The van der Waals surface area contributed by atoms with Crippen LogP contribution in [-0.2, 0) is 0 Å². The Hall–Kier alpha value is -1.75. The van der Waals surface area contributed by atoms with Gasteiger partial charge in [-0.3, -0.25) is 0 Å². The summed E-state index contributed by atoms with van der Waals surface area (Å²) in [6.07, 6.45) is 3.84. The van der Waals surface area contributed by atoms with Crippen LogP contribution in [0.2, 0.25) is 0 Å². The molecule has 0 spiro atoms. The first-order valence-electron chi connectivity index (χ1n) is 4.99. The zero-order valence-corrected chi connectivity index (χ0v) is 9.31. The number of thioether (sulfide) groups is 1. The van der Waals surface area contributed by atoms with Crippen LogP contribution in [0, 0.1) is 0 Å². The predicted molar refractivity (Wildman–Crippen MR) is 64.5 cm³/mol. The Balaban J connectivity index is 1.86. The van der Waals surface area contributed by atoms with Crippen LogP contribution in [0.4, 0.5) is 0 Å². The van der Waals surface area contributed by atoms with E-state index in [1.165, 1.54) is 10.5 Å². The Kier molecular flexibility index (Phi) is 2.38. The zero-order valence-electron chi connectivity index (χ0n) is 8.50. The van der Waals surface area contributed by atoms with E-state index in [0.717, 1.165) is 11.7 Å². The van der Waals surface area contributed by atoms with E-state index in [0.29, 0.717) is 0 Å². The van der Waals surface area contributed by atoms with Crippen molar-refractivity contribution < 1.29 is 0 Å². The van der Waals surface area contributed by atoms with Crippen LogP contribution in [-0.4, -0.2) is 21.4 Å². The summed E-state index contributed by atoms with van der Waals surface area (Å²) in [7, 11) is 0. The van der Waals surface area contributed by atoms with Gasteiger partial charge in [-0.2, -0.15) is 0 Å². The molecule has 1 aromatic heterocycles. The molecule has 1 aromatic carbocycles.